The minimum absolute atomic E-state index is 0.0385. The molecule has 0 aliphatic carbocycles. The molecule has 6 heteroatoms. The highest BCUT2D eigenvalue weighted by atomic mass is 32.2. The summed E-state index contributed by atoms with van der Waals surface area (Å²) in [4.78, 5) is 5.66. The summed E-state index contributed by atoms with van der Waals surface area (Å²) in [5.41, 5.74) is 2.89. The quantitative estimate of drug-likeness (QED) is 0.670. The molecule has 1 aliphatic rings. The van der Waals surface area contributed by atoms with Gasteiger partial charge in [0.15, 0.2) is 9.84 Å². The van der Waals surface area contributed by atoms with Crippen LogP contribution in [0.4, 0.5) is 4.39 Å². The van der Waals surface area contributed by atoms with Gasteiger partial charge in [0.2, 0.25) is 0 Å². The molecular formula is C13H18FNO3S. The minimum Gasteiger partial charge on any atom is -0.296 e. The lowest BCUT2D eigenvalue weighted by Gasteiger charge is -2.29. The first kappa shape index (κ1) is 14.4. The molecule has 1 aromatic carbocycles. The van der Waals surface area contributed by atoms with Gasteiger partial charge in [0.05, 0.1) is 22.3 Å². The SMILES string of the molecule is CC(C)(C)ONC1CCS(=O)(=O)c2ccc(F)cc21. The maximum absolute atomic E-state index is 13.3. The molecule has 2 rings (SSSR count). The molecule has 1 unspecified atom stereocenters. The molecule has 1 N–H and O–H groups in total. The van der Waals surface area contributed by atoms with Crippen LogP contribution in [0.5, 0.6) is 0 Å². The number of nitrogens with one attached hydrogen (secondary N) is 1. The van der Waals surface area contributed by atoms with E-state index in [0.29, 0.717) is 12.0 Å². The average molecular weight is 287 g/mol. The van der Waals surface area contributed by atoms with Crippen LogP contribution in [0.1, 0.15) is 38.8 Å². The van der Waals surface area contributed by atoms with Crippen molar-refractivity contribution in [1.82, 2.24) is 5.48 Å². The Labute approximate surface area is 112 Å². The molecule has 1 heterocycles. The Bertz CT molecular complexity index is 578. The van der Waals surface area contributed by atoms with E-state index < -0.39 is 21.3 Å². The van der Waals surface area contributed by atoms with Crippen molar-refractivity contribution in [2.75, 3.05) is 5.75 Å². The van der Waals surface area contributed by atoms with E-state index >= 15 is 0 Å². The van der Waals surface area contributed by atoms with Crippen molar-refractivity contribution in [3.05, 3.63) is 29.6 Å². The van der Waals surface area contributed by atoms with E-state index in [9.17, 15) is 12.8 Å². The number of hydroxylamine groups is 1. The summed E-state index contributed by atoms with van der Waals surface area (Å²) in [6.07, 6.45) is 0.370. The molecule has 106 valence electrons. The molecular weight excluding hydrogens is 269 g/mol. The highest BCUT2D eigenvalue weighted by molar-refractivity contribution is 7.91. The molecule has 1 aliphatic heterocycles. The summed E-state index contributed by atoms with van der Waals surface area (Å²) in [6, 6.07) is 3.44. The van der Waals surface area contributed by atoms with E-state index in [4.69, 9.17) is 4.84 Å². The topological polar surface area (TPSA) is 55.4 Å². The largest absolute Gasteiger partial charge is 0.296 e. The zero-order chi connectivity index (χ0) is 14.3. The Kier molecular flexibility index (Phi) is 3.68. The first-order chi connectivity index (χ1) is 8.69. The van der Waals surface area contributed by atoms with Gasteiger partial charge in [-0.2, -0.15) is 5.48 Å². The van der Waals surface area contributed by atoms with E-state index in [0.717, 1.165) is 0 Å². The molecule has 0 bridgehead atoms. The van der Waals surface area contributed by atoms with Crippen molar-refractivity contribution < 1.29 is 17.6 Å². The van der Waals surface area contributed by atoms with E-state index in [1.54, 1.807) is 0 Å². The maximum Gasteiger partial charge on any atom is 0.178 e. The Morgan fingerprint density at radius 1 is 1.37 bits per heavy atom. The van der Waals surface area contributed by atoms with E-state index in [-0.39, 0.29) is 16.7 Å². The van der Waals surface area contributed by atoms with Crippen LogP contribution in [-0.2, 0) is 14.7 Å². The predicted octanol–water partition coefficient (Wildman–Crippen LogP) is 2.36. The van der Waals surface area contributed by atoms with Gasteiger partial charge < -0.3 is 0 Å². The van der Waals surface area contributed by atoms with Gasteiger partial charge in [-0.15, -0.1) is 0 Å². The molecule has 19 heavy (non-hydrogen) atoms. The van der Waals surface area contributed by atoms with Crippen molar-refractivity contribution in [1.29, 1.82) is 0 Å². The smallest absolute Gasteiger partial charge is 0.178 e. The van der Waals surface area contributed by atoms with Crippen LogP contribution in [0.25, 0.3) is 0 Å². The zero-order valence-corrected chi connectivity index (χ0v) is 12.1. The van der Waals surface area contributed by atoms with E-state index in [1.807, 2.05) is 20.8 Å². The van der Waals surface area contributed by atoms with Crippen molar-refractivity contribution >= 4 is 9.84 Å². The van der Waals surface area contributed by atoms with Crippen LogP contribution in [0.2, 0.25) is 0 Å². The lowest BCUT2D eigenvalue weighted by atomic mass is 10.0. The fourth-order valence-corrected chi connectivity index (χ4v) is 3.59. The lowest BCUT2D eigenvalue weighted by Crippen LogP contribution is -2.35. The van der Waals surface area contributed by atoms with Crippen LogP contribution in [0.15, 0.2) is 23.1 Å². The number of sulfone groups is 1. The van der Waals surface area contributed by atoms with Gasteiger partial charge in [-0.3, -0.25) is 4.84 Å². The molecule has 0 amide bonds. The number of hydrogen-bond acceptors (Lipinski definition) is 4. The van der Waals surface area contributed by atoms with Crippen LogP contribution in [0.3, 0.4) is 0 Å². The van der Waals surface area contributed by atoms with E-state index in [1.165, 1.54) is 18.2 Å². The number of halogens is 1. The Balaban J connectivity index is 2.33. The predicted molar refractivity (Wildman–Crippen MR) is 69.8 cm³/mol. The van der Waals surface area contributed by atoms with Gasteiger partial charge >= 0.3 is 0 Å². The van der Waals surface area contributed by atoms with Gasteiger partial charge in [0.1, 0.15) is 5.82 Å². The number of fused-ring (bicyclic) bond motifs is 1. The standard InChI is InChI=1S/C13H18FNO3S/c1-13(2,3)18-15-11-6-7-19(16,17)12-5-4-9(14)8-10(11)12/h4-5,8,11,15H,6-7H2,1-3H3. The van der Waals surface area contributed by atoms with Crippen LogP contribution in [-0.4, -0.2) is 19.8 Å². The van der Waals surface area contributed by atoms with Gasteiger partial charge in [0.25, 0.3) is 0 Å². The summed E-state index contributed by atoms with van der Waals surface area (Å²) in [7, 11) is -3.31. The molecule has 1 aromatic rings. The van der Waals surface area contributed by atoms with Crippen molar-refractivity contribution in [2.24, 2.45) is 0 Å². The lowest BCUT2D eigenvalue weighted by molar-refractivity contribution is -0.0901. The summed E-state index contributed by atoms with van der Waals surface area (Å²) < 4.78 is 37.2. The number of hydrogen-bond donors (Lipinski definition) is 1. The Hall–Kier alpha value is -0.980. The molecule has 4 nitrogen and oxygen atoms in total. The number of benzene rings is 1. The second-order valence-electron chi connectivity index (χ2n) is 5.67. The molecule has 0 saturated carbocycles. The summed E-state index contributed by atoms with van der Waals surface area (Å²) >= 11 is 0. The Morgan fingerprint density at radius 2 is 2.05 bits per heavy atom. The van der Waals surface area contributed by atoms with Crippen LogP contribution >= 0.6 is 0 Å². The fraction of sp³-hybridized carbons (Fsp3) is 0.538. The normalized spacial score (nSPS) is 22.0. The average Bonchev–Trinajstić information content (AvgIpc) is 2.26. The second-order valence-corrected chi connectivity index (χ2v) is 7.75. The fourth-order valence-electron chi connectivity index (χ4n) is 1.98. The third kappa shape index (κ3) is 3.32. The van der Waals surface area contributed by atoms with Crippen LogP contribution in [0, 0.1) is 5.82 Å². The minimum atomic E-state index is -3.31. The second kappa shape index (κ2) is 4.85. The van der Waals surface area contributed by atoms with Gasteiger partial charge in [-0.05, 0) is 51.0 Å². The third-order valence-corrected chi connectivity index (χ3v) is 4.68. The molecule has 0 radical (unpaired) electrons. The summed E-state index contributed by atoms with van der Waals surface area (Å²) in [5, 5.41) is 0. The molecule has 1 atom stereocenters. The monoisotopic (exact) mass is 287 g/mol. The third-order valence-electron chi connectivity index (χ3n) is 2.86. The van der Waals surface area contributed by atoms with Crippen LogP contribution < -0.4 is 5.48 Å². The van der Waals surface area contributed by atoms with E-state index in [2.05, 4.69) is 5.48 Å². The van der Waals surface area contributed by atoms with Gasteiger partial charge in [0, 0.05) is 0 Å². The summed E-state index contributed by atoms with van der Waals surface area (Å²) in [5.74, 6) is -0.407. The number of rotatable bonds is 2. The Morgan fingerprint density at radius 3 is 2.68 bits per heavy atom. The summed E-state index contributed by atoms with van der Waals surface area (Å²) in [6.45, 7) is 5.64. The molecule has 0 saturated heterocycles. The van der Waals surface area contributed by atoms with Crippen molar-refractivity contribution in [3.63, 3.8) is 0 Å². The maximum atomic E-state index is 13.3. The molecule has 0 fully saturated rings. The van der Waals surface area contributed by atoms with Gasteiger partial charge in [-0.25, -0.2) is 12.8 Å². The first-order valence-electron chi connectivity index (χ1n) is 6.15. The first-order valence-corrected chi connectivity index (χ1v) is 7.80. The highest BCUT2D eigenvalue weighted by Gasteiger charge is 2.31. The highest BCUT2D eigenvalue weighted by Crippen LogP contribution is 2.33. The molecule has 0 spiro atoms. The van der Waals surface area contributed by atoms with Crippen molar-refractivity contribution in [2.45, 2.75) is 43.7 Å². The molecule has 0 aromatic heterocycles. The zero-order valence-electron chi connectivity index (χ0n) is 11.2. The van der Waals surface area contributed by atoms with Gasteiger partial charge in [-0.1, -0.05) is 0 Å². The van der Waals surface area contributed by atoms with Crippen molar-refractivity contribution in [3.8, 4) is 0 Å².